The van der Waals surface area contributed by atoms with E-state index in [0.29, 0.717) is 23.9 Å². The fraction of sp³-hybridized carbons (Fsp3) is 0.896. The van der Waals surface area contributed by atoms with Crippen LogP contribution in [0.3, 0.4) is 0 Å². The van der Waals surface area contributed by atoms with E-state index in [0.717, 1.165) is 44.9 Å². The largest absolute Gasteiger partial charge is 0.472 e. The van der Waals surface area contributed by atoms with E-state index < -0.39 is 26.5 Å². The Bertz CT molecular complexity index is 1560. The summed E-state index contributed by atoms with van der Waals surface area (Å²) in [5.74, 6) is -0.778. The van der Waals surface area contributed by atoms with Crippen molar-refractivity contribution in [1.29, 1.82) is 0 Å². The van der Waals surface area contributed by atoms with Gasteiger partial charge in [0.25, 0.3) is 0 Å². The average Bonchev–Trinajstić information content (AvgIpc) is 3.68. The summed E-state index contributed by atoms with van der Waals surface area (Å²) in [7, 11) is 1.49. The third-order valence-corrected chi connectivity index (χ3v) is 18.4. The molecule has 1 N–H and O–H groups in total. The molecule has 514 valence electrons. The number of hydrogen-bond acceptors (Lipinski definition) is 7. The molecule has 0 saturated heterocycles. The van der Waals surface area contributed by atoms with Gasteiger partial charge in [-0.05, 0) is 51.4 Å². The highest BCUT2D eigenvalue weighted by Crippen LogP contribution is 2.43. The Labute approximate surface area is 541 Å². The Morgan fingerprint density at radius 1 is 0.356 bits per heavy atom. The summed E-state index contributed by atoms with van der Waals surface area (Å²) >= 11 is 0. The first-order valence-electron chi connectivity index (χ1n) is 38.2. The monoisotopic (exact) mass is 1250 g/mol. The molecule has 0 aromatic heterocycles. The van der Waals surface area contributed by atoms with Crippen LogP contribution < -0.4 is 0 Å². The molecule has 0 rings (SSSR count). The van der Waals surface area contributed by atoms with E-state index in [4.69, 9.17) is 18.5 Å². The molecule has 0 fully saturated rings. The summed E-state index contributed by atoms with van der Waals surface area (Å²) in [6, 6.07) is 0. The van der Waals surface area contributed by atoms with Gasteiger partial charge in [-0.3, -0.25) is 18.6 Å². The lowest BCUT2D eigenvalue weighted by atomic mass is 10.0. The number of unbranched alkanes of at least 4 members (excludes halogenated alkanes) is 52. The SMILES string of the molecule is CCCCCCC/C=C\C/C=C\C/C=C\CCCCCCCCCCCCCCC(=O)OC(COC(=O)CCCCCCCCCCCCCCCCCCCCCCCCCCCCCCCCCCCCCC)COP(=O)(O)OCC[N+](C)(C)C. The number of carbonyl (C=O) groups excluding carboxylic acids is 2. The molecule has 0 amide bonds. The third kappa shape index (κ3) is 73.2. The van der Waals surface area contributed by atoms with E-state index in [9.17, 15) is 19.0 Å². The van der Waals surface area contributed by atoms with Crippen molar-refractivity contribution in [1.82, 2.24) is 0 Å². The van der Waals surface area contributed by atoms with Crippen LogP contribution in [0.2, 0.25) is 0 Å². The summed E-state index contributed by atoms with van der Waals surface area (Å²) in [6.45, 7) is 4.49. The van der Waals surface area contributed by atoms with Crippen LogP contribution in [-0.2, 0) is 32.7 Å². The van der Waals surface area contributed by atoms with Crippen LogP contribution in [-0.4, -0.2) is 74.9 Å². The Hall–Kier alpha value is -1.77. The van der Waals surface area contributed by atoms with Gasteiger partial charge in [-0.1, -0.05) is 365 Å². The van der Waals surface area contributed by atoms with Gasteiger partial charge in [0.1, 0.15) is 19.8 Å². The summed E-state index contributed by atoms with van der Waals surface area (Å²) in [5, 5.41) is 0. The number of carbonyl (C=O) groups is 2. The first kappa shape index (κ1) is 85.2. The molecule has 0 saturated carbocycles. The number of hydrogen-bond donors (Lipinski definition) is 1. The standard InChI is InChI=1S/C77H148NO8P/c1-6-8-10-12-14-16-18-20-22-24-26-28-30-32-34-35-36-37-38-39-40-41-42-44-45-47-49-51-53-55-57-59-61-63-65-67-69-76(79)83-73-75(74-85-87(81,82)84-72-71-78(3,4)5)86-77(80)70-68-66-64-62-60-58-56-54-52-50-48-46-43-33-31-29-27-25-23-21-19-17-15-13-11-9-7-2/h19,21,25,27,31,33,75H,6-18,20,22-24,26,28-30,32,34-74H2,1-5H3/p+1/b21-19-,27-25-,33-31-. The smallest absolute Gasteiger partial charge is 0.462 e. The van der Waals surface area contributed by atoms with Gasteiger partial charge in [-0.2, -0.15) is 0 Å². The van der Waals surface area contributed by atoms with E-state index in [1.54, 1.807) is 0 Å². The summed E-state index contributed by atoms with van der Waals surface area (Å²) in [6.07, 6.45) is 88.6. The van der Waals surface area contributed by atoms with E-state index in [1.165, 1.54) is 315 Å². The predicted molar refractivity (Wildman–Crippen MR) is 377 cm³/mol. The summed E-state index contributed by atoms with van der Waals surface area (Å²) < 4.78 is 34.8. The van der Waals surface area contributed by atoms with Gasteiger partial charge in [-0.25, -0.2) is 4.57 Å². The second kappa shape index (κ2) is 68.6. The van der Waals surface area contributed by atoms with Gasteiger partial charge in [0.15, 0.2) is 6.10 Å². The van der Waals surface area contributed by atoms with Crippen molar-refractivity contribution in [3.63, 3.8) is 0 Å². The van der Waals surface area contributed by atoms with Gasteiger partial charge in [-0.15, -0.1) is 0 Å². The highest BCUT2D eigenvalue weighted by molar-refractivity contribution is 7.47. The lowest BCUT2D eigenvalue weighted by molar-refractivity contribution is -0.870. The molecular formula is C77H149NO8P+. The van der Waals surface area contributed by atoms with Crippen molar-refractivity contribution in [2.24, 2.45) is 0 Å². The minimum atomic E-state index is -4.39. The maximum absolute atomic E-state index is 12.9. The molecule has 0 heterocycles. The number of nitrogens with zero attached hydrogens (tertiary/aromatic N) is 1. The van der Waals surface area contributed by atoms with Crippen LogP contribution in [0.25, 0.3) is 0 Å². The van der Waals surface area contributed by atoms with Crippen molar-refractivity contribution in [2.45, 2.75) is 399 Å². The quantitative estimate of drug-likeness (QED) is 0.0211. The number of rotatable bonds is 72. The molecule has 87 heavy (non-hydrogen) atoms. The van der Waals surface area contributed by atoms with Crippen molar-refractivity contribution < 1.29 is 42.1 Å². The molecule has 0 aliphatic carbocycles. The molecule has 0 aliphatic rings. The predicted octanol–water partition coefficient (Wildman–Crippen LogP) is 25.0. The summed E-state index contributed by atoms with van der Waals surface area (Å²) in [4.78, 5) is 35.9. The lowest BCUT2D eigenvalue weighted by Crippen LogP contribution is -2.37. The highest BCUT2D eigenvalue weighted by Gasteiger charge is 2.27. The topological polar surface area (TPSA) is 108 Å². The normalized spacial score (nSPS) is 13.2. The molecule has 0 radical (unpaired) electrons. The zero-order chi connectivity index (χ0) is 63.4. The molecule has 10 heteroatoms. The molecule has 2 atom stereocenters. The minimum Gasteiger partial charge on any atom is -0.462 e. The van der Waals surface area contributed by atoms with Crippen LogP contribution in [0.4, 0.5) is 0 Å². The molecular weight excluding hydrogens is 1100 g/mol. The van der Waals surface area contributed by atoms with E-state index in [1.807, 2.05) is 21.1 Å². The Balaban J connectivity index is 3.93. The van der Waals surface area contributed by atoms with Crippen molar-refractivity contribution in [2.75, 3.05) is 47.5 Å². The number of ether oxygens (including phenoxy) is 2. The van der Waals surface area contributed by atoms with Gasteiger partial charge in [0.05, 0.1) is 27.7 Å². The zero-order valence-corrected chi connectivity index (χ0v) is 59.7. The number of likely N-dealkylation sites (N-methyl/N-ethyl adjacent to an activating group) is 1. The molecule has 0 aliphatic heterocycles. The van der Waals surface area contributed by atoms with Gasteiger partial charge >= 0.3 is 19.8 Å². The Kier molecular flexibility index (Phi) is 67.2. The van der Waals surface area contributed by atoms with E-state index in [2.05, 4.69) is 50.3 Å². The molecule has 0 bridgehead atoms. The Morgan fingerprint density at radius 2 is 0.621 bits per heavy atom. The number of esters is 2. The van der Waals surface area contributed by atoms with E-state index in [-0.39, 0.29) is 25.6 Å². The van der Waals surface area contributed by atoms with Gasteiger partial charge in [0, 0.05) is 12.8 Å². The number of allylic oxidation sites excluding steroid dienone is 6. The molecule has 0 spiro atoms. The number of quaternary nitrogens is 1. The van der Waals surface area contributed by atoms with Gasteiger partial charge in [0.2, 0.25) is 0 Å². The molecule has 2 unspecified atom stereocenters. The van der Waals surface area contributed by atoms with Crippen LogP contribution in [0, 0.1) is 0 Å². The third-order valence-electron chi connectivity index (χ3n) is 17.4. The highest BCUT2D eigenvalue weighted by atomic mass is 31.2. The number of phosphoric ester groups is 1. The Morgan fingerprint density at radius 3 is 0.920 bits per heavy atom. The van der Waals surface area contributed by atoms with Crippen molar-refractivity contribution in [3.8, 4) is 0 Å². The first-order valence-corrected chi connectivity index (χ1v) is 39.7. The zero-order valence-electron chi connectivity index (χ0n) is 58.8. The van der Waals surface area contributed by atoms with Crippen molar-refractivity contribution in [3.05, 3.63) is 36.5 Å². The van der Waals surface area contributed by atoms with Crippen LogP contribution in [0.5, 0.6) is 0 Å². The van der Waals surface area contributed by atoms with Crippen molar-refractivity contribution >= 4 is 19.8 Å². The second-order valence-electron chi connectivity index (χ2n) is 27.4. The van der Waals surface area contributed by atoms with Crippen LogP contribution in [0.15, 0.2) is 36.5 Å². The van der Waals surface area contributed by atoms with E-state index >= 15 is 0 Å². The van der Waals surface area contributed by atoms with Crippen LogP contribution in [0.1, 0.15) is 393 Å². The fourth-order valence-corrected chi connectivity index (χ4v) is 12.3. The maximum atomic E-state index is 12.9. The second-order valence-corrected chi connectivity index (χ2v) is 28.9. The maximum Gasteiger partial charge on any atom is 0.472 e. The lowest BCUT2D eigenvalue weighted by Gasteiger charge is -2.24. The molecule has 9 nitrogen and oxygen atoms in total. The molecule has 0 aromatic carbocycles. The van der Waals surface area contributed by atoms with Gasteiger partial charge < -0.3 is 18.9 Å². The minimum absolute atomic E-state index is 0.0334. The summed E-state index contributed by atoms with van der Waals surface area (Å²) in [5.41, 5.74) is 0. The number of phosphoric acid groups is 1. The fourth-order valence-electron chi connectivity index (χ4n) is 11.6. The average molecular weight is 1250 g/mol. The first-order chi connectivity index (χ1) is 42.5. The molecule has 0 aromatic rings. The van der Waals surface area contributed by atoms with Crippen LogP contribution >= 0.6 is 7.82 Å².